The lowest BCUT2D eigenvalue weighted by Gasteiger charge is -2.35. The Morgan fingerprint density at radius 1 is 0.952 bits per heavy atom. The molecule has 1 fully saturated rings. The van der Waals surface area contributed by atoms with E-state index in [2.05, 4.69) is 20.6 Å². The molecule has 7 nitrogen and oxygen atoms in total. The minimum absolute atomic E-state index is 0.184. The lowest BCUT2D eigenvalue weighted by atomic mass is 9.87. The van der Waals surface area contributed by atoms with Crippen molar-refractivity contribution in [1.29, 1.82) is 5.26 Å². The molecule has 5 rings (SSSR count). The molecular weight excluding hydrogens is 543 g/mol. The second-order valence-corrected chi connectivity index (χ2v) is 10.1. The zero-order valence-corrected chi connectivity index (χ0v) is 22.9. The Bertz CT molecular complexity index is 1620. The molecule has 4 aromatic rings. The number of anilines is 1. The smallest absolute Gasteiger partial charge is 0.405 e. The van der Waals surface area contributed by atoms with Crippen LogP contribution in [0.1, 0.15) is 27.0 Å². The number of aryl methyl sites for hydroxylation is 1. The van der Waals surface area contributed by atoms with Gasteiger partial charge in [0.15, 0.2) is 0 Å². The molecule has 0 spiro atoms. The number of carbonyl (C=O) groups is 1. The van der Waals surface area contributed by atoms with Crippen molar-refractivity contribution in [1.82, 2.24) is 9.88 Å². The quantitative estimate of drug-likeness (QED) is 0.296. The Labute approximate surface area is 241 Å². The number of hydrogen-bond acceptors (Lipinski definition) is 6. The van der Waals surface area contributed by atoms with Gasteiger partial charge in [-0.3, -0.25) is 9.69 Å². The van der Waals surface area contributed by atoms with E-state index in [4.69, 9.17) is 10.7 Å². The highest BCUT2D eigenvalue weighted by atomic mass is 19.4. The average molecular weight is 572 g/mol. The molecule has 3 aromatic carbocycles. The van der Waals surface area contributed by atoms with E-state index in [0.29, 0.717) is 55.0 Å². The number of hydrogen-bond donors (Lipinski definition) is 1. The number of piperazine rings is 1. The number of para-hydroxylation sites is 1. The molecule has 214 valence electrons. The molecule has 42 heavy (non-hydrogen) atoms. The van der Waals surface area contributed by atoms with Gasteiger partial charge in [0.1, 0.15) is 11.6 Å². The highest BCUT2D eigenvalue weighted by Gasteiger charge is 2.32. The molecule has 0 saturated carbocycles. The van der Waals surface area contributed by atoms with Gasteiger partial charge in [-0.1, -0.05) is 36.4 Å². The zero-order chi connectivity index (χ0) is 29.9. The van der Waals surface area contributed by atoms with Crippen molar-refractivity contribution in [3.8, 4) is 34.1 Å². The van der Waals surface area contributed by atoms with Gasteiger partial charge < -0.3 is 15.4 Å². The van der Waals surface area contributed by atoms with Crippen molar-refractivity contribution < 1.29 is 22.7 Å². The first kappa shape index (κ1) is 28.6. The number of halogens is 3. The van der Waals surface area contributed by atoms with Gasteiger partial charge in [0.05, 0.1) is 11.6 Å². The highest BCUT2D eigenvalue weighted by molar-refractivity contribution is 6.04. The first-order valence-electron chi connectivity index (χ1n) is 13.3. The maximum absolute atomic E-state index is 12.8. The van der Waals surface area contributed by atoms with Crippen LogP contribution in [-0.4, -0.2) is 48.3 Å². The van der Waals surface area contributed by atoms with Gasteiger partial charge in [-0.25, -0.2) is 4.98 Å². The van der Waals surface area contributed by atoms with E-state index in [1.807, 2.05) is 37.3 Å². The predicted molar refractivity (Wildman–Crippen MR) is 154 cm³/mol. The third kappa shape index (κ3) is 6.37. The number of ether oxygens (including phenoxy) is 1. The number of nitrogens with two attached hydrogens (primary N) is 1. The predicted octanol–water partition coefficient (Wildman–Crippen LogP) is 5.92. The fourth-order valence-electron chi connectivity index (χ4n) is 5.25. The zero-order valence-electron chi connectivity index (χ0n) is 22.9. The SMILES string of the molecule is Cc1ccc(C(N)=O)c(-c2ccc(N3CCN(Cc4ccccc4OC(F)(F)F)CC3)nc2)c1-c1ccc(C#N)cc1. The lowest BCUT2D eigenvalue weighted by Crippen LogP contribution is -2.46. The largest absolute Gasteiger partial charge is 0.573 e. The molecule has 0 atom stereocenters. The average Bonchev–Trinajstić information content (AvgIpc) is 2.98. The number of benzene rings is 3. The normalized spacial score (nSPS) is 13.9. The van der Waals surface area contributed by atoms with Gasteiger partial charge >= 0.3 is 6.36 Å². The molecule has 2 N–H and O–H groups in total. The van der Waals surface area contributed by atoms with Gasteiger partial charge in [-0.05, 0) is 60.0 Å². The second-order valence-electron chi connectivity index (χ2n) is 10.1. The summed E-state index contributed by atoms with van der Waals surface area (Å²) >= 11 is 0. The first-order chi connectivity index (χ1) is 20.1. The van der Waals surface area contributed by atoms with E-state index in [1.54, 1.807) is 36.5 Å². The molecule has 0 bridgehead atoms. The van der Waals surface area contributed by atoms with E-state index in [9.17, 15) is 23.2 Å². The van der Waals surface area contributed by atoms with E-state index >= 15 is 0 Å². The Hall–Kier alpha value is -4.88. The Balaban J connectivity index is 1.34. The molecule has 2 heterocycles. The third-order valence-electron chi connectivity index (χ3n) is 7.31. The van der Waals surface area contributed by atoms with E-state index in [1.165, 1.54) is 12.1 Å². The Morgan fingerprint density at radius 2 is 1.64 bits per heavy atom. The molecule has 0 radical (unpaired) electrons. The maximum Gasteiger partial charge on any atom is 0.573 e. The monoisotopic (exact) mass is 571 g/mol. The summed E-state index contributed by atoms with van der Waals surface area (Å²) in [4.78, 5) is 21.3. The van der Waals surface area contributed by atoms with E-state index < -0.39 is 12.3 Å². The topological polar surface area (TPSA) is 95.5 Å². The number of nitrogens with zero attached hydrogens (tertiary/aromatic N) is 4. The molecule has 1 aliphatic heterocycles. The number of primary amides is 1. The molecular formula is C32H28F3N5O2. The summed E-state index contributed by atoms with van der Waals surface area (Å²) < 4.78 is 42.6. The van der Waals surface area contributed by atoms with Crippen LogP contribution in [0.15, 0.2) is 79.0 Å². The Morgan fingerprint density at radius 3 is 2.26 bits per heavy atom. The van der Waals surface area contributed by atoms with E-state index in [-0.39, 0.29) is 5.75 Å². The van der Waals surface area contributed by atoms with E-state index in [0.717, 1.165) is 28.1 Å². The standard InChI is InChI=1S/C32H28F3N5O2/c1-21-6-12-26(31(37)41)30(29(21)23-9-7-22(18-36)8-10-23)24-11-13-28(38-19-24)40-16-14-39(15-17-40)20-25-4-2-3-5-27(25)42-32(33,34)35/h2-13,19H,14-17,20H2,1H3,(H2,37,41). The minimum atomic E-state index is -4.74. The van der Waals surface area contributed by atoms with Gasteiger partial charge in [0.2, 0.25) is 5.91 Å². The summed E-state index contributed by atoms with van der Waals surface area (Å²) in [6.07, 6.45) is -3.02. The third-order valence-corrected chi connectivity index (χ3v) is 7.31. The summed E-state index contributed by atoms with van der Waals surface area (Å²) in [6.45, 7) is 4.85. The van der Waals surface area contributed by atoms with Crippen molar-refractivity contribution in [3.63, 3.8) is 0 Å². The van der Waals surface area contributed by atoms with Crippen LogP contribution in [0.3, 0.4) is 0 Å². The van der Waals surface area contributed by atoms with Crippen LogP contribution >= 0.6 is 0 Å². The molecule has 1 aromatic heterocycles. The van der Waals surface area contributed by atoms with Gasteiger partial charge in [0, 0.05) is 61.2 Å². The number of pyridine rings is 1. The van der Waals surface area contributed by atoms with Crippen molar-refractivity contribution in [2.45, 2.75) is 19.8 Å². The maximum atomic E-state index is 12.8. The molecule has 1 aliphatic rings. The summed E-state index contributed by atoms with van der Waals surface area (Å²) in [5.74, 6) is 0.0197. The van der Waals surface area contributed by atoms with Crippen LogP contribution in [0.4, 0.5) is 19.0 Å². The lowest BCUT2D eigenvalue weighted by molar-refractivity contribution is -0.275. The number of carbonyl (C=O) groups excluding carboxylic acids is 1. The second kappa shape index (κ2) is 11.9. The number of alkyl halides is 3. The molecule has 0 aliphatic carbocycles. The van der Waals surface area contributed by atoms with Gasteiger partial charge in [-0.15, -0.1) is 13.2 Å². The summed E-state index contributed by atoms with van der Waals surface area (Å²) in [5, 5.41) is 9.20. The number of rotatable bonds is 7. The number of nitriles is 1. The van der Waals surface area contributed by atoms with Crippen molar-refractivity contribution in [2.24, 2.45) is 5.73 Å². The van der Waals surface area contributed by atoms with Crippen LogP contribution in [0.25, 0.3) is 22.3 Å². The van der Waals surface area contributed by atoms with Crippen molar-refractivity contribution >= 4 is 11.7 Å². The van der Waals surface area contributed by atoms with Gasteiger partial charge in [0.25, 0.3) is 0 Å². The van der Waals surface area contributed by atoms with Crippen molar-refractivity contribution in [2.75, 3.05) is 31.1 Å². The molecule has 0 unspecified atom stereocenters. The minimum Gasteiger partial charge on any atom is -0.405 e. The van der Waals surface area contributed by atoms with Crippen LogP contribution in [-0.2, 0) is 6.54 Å². The van der Waals surface area contributed by atoms with Crippen LogP contribution in [0.5, 0.6) is 5.75 Å². The van der Waals surface area contributed by atoms with Crippen LogP contribution in [0.2, 0.25) is 0 Å². The van der Waals surface area contributed by atoms with Crippen molar-refractivity contribution in [3.05, 3.63) is 101 Å². The number of aromatic nitrogens is 1. The highest BCUT2D eigenvalue weighted by Crippen LogP contribution is 2.38. The molecule has 1 saturated heterocycles. The number of amides is 1. The molecule has 1 amide bonds. The van der Waals surface area contributed by atoms with Gasteiger partial charge in [-0.2, -0.15) is 5.26 Å². The van der Waals surface area contributed by atoms with Crippen LogP contribution in [0, 0.1) is 18.3 Å². The fourth-order valence-corrected chi connectivity index (χ4v) is 5.25. The summed E-state index contributed by atoms with van der Waals surface area (Å²) in [7, 11) is 0. The fraction of sp³-hybridized carbons (Fsp3) is 0.219. The molecule has 10 heteroatoms. The first-order valence-corrected chi connectivity index (χ1v) is 13.3. The Kier molecular flexibility index (Phi) is 8.13. The summed E-state index contributed by atoms with van der Waals surface area (Å²) in [6, 6.07) is 22.9. The van der Waals surface area contributed by atoms with Crippen LogP contribution < -0.4 is 15.4 Å². The summed E-state index contributed by atoms with van der Waals surface area (Å²) in [5.41, 5.74) is 11.2.